The number of ketones is 1. The van der Waals surface area contributed by atoms with E-state index in [0.29, 0.717) is 34.6 Å². The van der Waals surface area contributed by atoms with Gasteiger partial charge in [-0.25, -0.2) is 0 Å². The van der Waals surface area contributed by atoms with Crippen LogP contribution in [0.1, 0.15) is 22.7 Å². The summed E-state index contributed by atoms with van der Waals surface area (Å²) >= 11 is 0. The number of hydrogen-bond donors (Lipinski definition) is 4. The van der Waals surface area contributed by atoms with Crippen LogP contribution in [-0.4, -0.2) is 42.0 Å². The van der Waals surface area contributed by atoms with Gasteiger partial charge in [-0.15, -0.1) is 0 Å². The van der Waals surface area contributed by atoms with Crippen molar-refractivity contribution in [3.8, 4) is 11.5 Å². The number of Topliss-reactive ketones (excluding diaryl/α,β-unsaturated/α-hetero) is 1. The van der Waals surface area contributed by atoms with Gasteiger partial charge < -0.3 is 25.0 Å². The Balaban J connectivity index is 2.00. The summed E-state index contributed by atoms with van der Waals surface area (Å²) < 4.78 is 10.9. The van der Waals surface area contributed by atoms with Gasteiger partial charge in [-0.2, -0.15) is 0 Å². The first kappa shape index (κ1) is 24.5. The molecule has 1 unspecified atom stereocenters. The number of aliphatic hydroxyl groups is 2. The van der Waals surface area contributed by atoms with E-state index >= 15 is 0 Å². The smallest absolute Gasteiger partial charge is 0.194 e. The van der Waals surface area contributed by atoms with Gasteiger partial charge in [-0.05, 0) is 12.5 Å². The van der Waals surface area contributed by atoms with Gasteiger partial charge in [0, 0.05) is 29.4 Å². The average Bonchev–Trinajstić information content (AvgIpc) is 2.87. The summed E-state index contributed by atoms with van der Waals surface area (Å²) in [5.41, 5.74) is 2.55. The zero-order chi connectivity index (χ0) is 24.5. The SMILES string of the molecule is COc1cc(NC(C(=O)/C(=C/O)C(=N)c2ccccc2)c2ccc(C)cc2)cc(OCCO)c1. The molecule has 0 heterocycles. The third kappa shape index (κ3) is 6.02. The van der Waals surface area contributed by atoms with E-state index < -0.39 is 11.8 Å². The van der Waals surface area contributed by atoms with Gasteiger partial charge in [0.05, 0.1) is 31.3 Å². The molecule has 3 aromatic rings. The van der Waals surface area contributed by atoms with Crippen molar-refractivity contribution in [2.75, 3.05) is 25.6 Å². The number of aliphatic hydroxyl groups excluding tert-OH is 2. The van der Waals surface area contributed by atoms with Crippen molar-refractivity contribution in [3.05, 3.63) is 101 Å². The molecule has 0 aliphatic heterocycles. The van der Waals surface area contributed by atoms with Crippen molar-refractivity contribution in [3.63, 3.8) is 0 Å². The van der Waals surface area contributed by atoms with Crippen LogP contribution in [0, 0.1) is 12.3 Å². The Hall–Kier alpha value is -4.10. The Morgan fingerprint density at radius 3 is 2.35 bits per heavy atom. The first-order valence-corrected chi connectivity index (χ1v) is 10.8. The molecule has 4 N–H and O–H groups in total. The number of methoxy groups -OCH3 is 1. The molecule has 0 spiro atoms. The highest BCUT2D eigenvalue weighted by atomic mass is 16.5. The number of nitrogens with one attached hydrogen (secondary N) is 2. The molecule has 0 aromatic heterocycles. The van der Waals surface area contributed by atoms with E-state index in [4.69, 9.17) is 20.0 Å². The number of anilines is 1. The molecule has 3 aromatic carbocycles. The monoisotopic (exact) mass is 460 g/mol. The highest BCUT2D eigenvalue weighted by Crippen LogP contribution is 2.31. The second kappa shape index (κ2) is 11.7. The van der Waals surface area contributed by atoms with E-state index in [2.05, 4.69) is 5.32 Å². The van der Waals surface area contributed by atoms with Crippen LogP contribution in [0.5, 0.6) is 11.5 Å². The lowest BCUT2D eigenvalue weighted by atomic mass is 9.92. The molecule has 1 atom stereocenters. The summed E-state index contributed by atoms with van der Waals surface area (Å²) in [6.07, 6.45) is 0.682. The predicted molar refractivity (Wildman–Crippen MR) is 132 cm³/mol. The predicted octanol–water partition coefficient (Wildman–Crippen LogP) is 4.61. The zero-order valence-electron chi connectivity index (χ0n) is 19.1. The summed E-state index contributed by atoms with van der Waals surface area (Å²) in [6, 6.07) is 20.4. The molecule has 34 heavy (non-hydrogen) atoms. The molecule has 0 amide bonds. The fourth-order valence-electron chi connectivity index (χ4n) is 3.41. The Labute approximate surface area is 198 Å². The first-order chi connectivity index (χ1) is 16.5. The highest BCUT2D eigenvalue weighted by molar-refractivity contribution is 6.28. The van der Waals surface area contributed by atoms with E-state index in [1.54, 1.807) is 42.5 Å². The van der Waals surface area contributed by atoms with Crippen LogP contribution in [0.15, 0.2) is 84.6 Å². The van der Waals surface area contributed by atoms with Crippen LogP contribution >= 0.6 is 0 Å². The summed E-state index contributed by atoms with van der Waals surface area (Å²) in [5.74, 6) is 0.491. The van der Waals surface area contributed by atoms with Crippen LogP contribution in [0.25, 0.3) is 0 Å². The molecule has 0 bridgehead atoms. The van der Waals surface area contributed by atoms with Crippen LogP contribution < -0.4 is 14.8 Å². The first-order valence-electron chi connectivity index (χ1n) is 10.8. The van der Waals surface area contributed by atoms with Crippen molar-refractivity contribution in [1.29, 1.82) is 5.41 Å². The topological polar surface area (TPSA) is 112 Å². The van der Waals surface area contributed by atoms with Crippen LogP contribution in [-0.2, 0) is 4.79 Å². The lowest BCUT2D eigenvalue weighted by molar-refractivity contribution is -0.116. The third-order valence-electron chi connectivity index (χ3n) is 5.19. The lowest BCUT2D eigenvalue weighted by Crippen LogP contribution is -2.26. The number of aryl methyl sites for hydroxylation is 1. The number of ether oxygens (including phenoxy) is 2. The minimum absolute atomic E-state index is 0.0791. The molecule has 3 rings (SSSR count). The molecular formula is C27H28N2O5. The van der Waals surface area contributed by atoms with Gasteiger partial charge in [-0.3, -0.25) is 10.2 Å². The maximum Gasteiger partial charge on any atom is 0.194 e. The van der Waals surface area contributed by atoms with Crippen molar-refractivity contribution >= 4 is 17.2 Å². The van der Waals surface area contributed by atoms with E-state index in [1.165, 1.54) is 7.11 Å². The summed E-state index contributed by atoms with van der Waals surface area (Å²) in [5, 5.41) is 30.7. The number of hydrogen-bond acceptors (Lipinski definition) is 7. The Kier molecular flexibility index (Phi) is 8.43. The molecule has 7 heteroatoms. The largest absolute Gasteiger partial charge is 0.515 e. The van der Waals surface area contributed by atoms with Crippen molar-refractivity contribution in [1.82, 2.24) is 0 Å². The maximum absolute atomic E-state index is 13.7. The van der Waals surface area contributed by atoms with Crippen LogP contribution in [0.4, 0.5) is 5.69 Å². The molecular weight excluding hydrogens is 432 g/mol. The van der Waals surface area contributed by atoms with Gasteiger partial charge >= 0.3 is 0 Å². The van der Waals surface area contributed by atoms with Crippen LogP contribution in [0.3, 0.4) is 0 Å². The van der Waals surface area contributed by atoms with E-state index in [1.807, 2.05) is 37.3 Å². The number of carbonyl (C=O) groups is 1. The van der Waals surface area contributed by atoms with Gasteiger partial charge in [0.15, 0.2) is 5.78 Å². The maximum atomic E-state index is 13.7. The summed E-state index contributed by atoms with van der Waals surface area (Å²) in [6.45, 7) is 1.92. The standard InChI is InChI=1S/C27H28N2O5/c1-18-8-10-20(11-9-18)26(27(32)24(17-31)25(28)19-6-4-3-5-7-19)29-21-14-22(33-2)16-23(15-21)34-13-12-30/h3-11,14-17,26,28-31H,12-13H2,1-2H3/b24-17+,28-25?. The molecule has 0 saturated carbocycles. The molecule has 0 aliphatic carbocycles. The summed E-state index contributed by atoms with van der Waals surface area (Å²) in [7, 11) is 1.52. The van der Waals surface area contributed by atoms with Crippen molar-refractivity contribution in [2.24, 2.45) is 0 Å². The molecule has 0 saturated heterocycles. The lowest BCUT2D eigenvalue weighted by Gasteiger charge is -2.22. The molecule has 176 valence electrons. The third-order valence-corrected chi connectivity index (χ3v) is 5.19. The summed E-state index contributed by atoms with van der Waals surface area (Å²) in [4.78, 5) is 13.7. The number of benzene rings is 3. The Morgan fingerprint density at radius 1 is 1.06 bits per heavy atom. The van der Waals surface area contributed by atoms with E-state index in [0.717, 1.165) is 5.56 Å². The Morgan fingerprint density at radius 2 is 1.74 bits per heavy atom. The minimum atomic E-state index is -0.902. The minimum Gasteiger partial charge on any atom is -0.515 e. The second-order valence-corrected chi connectivity index (χ2v) is 7.61. The fourth-order valence-corrected chi connectivity index (χ4v) is 3.41. The quantitative estimate of drug-likeness (QED) is 0.189. The number of carbonyl (C=O) groups excluding carboxylic acids is 1. The van der Waals surface area contributed by atoms with Crippen molar-refractivity contribution < 1.29 is 24.5 Å². The normalized spacial score (nSPS) is 12.0. The fraction of sp³-hybridized carbons (Fsp3) is 0.185. The molecule has 0 aliphatic rings. The van der Waals surface area contributed by atoms with Gasteiger partial charge in [0.25, 0.3) is 0 Å². The highest BCUT2D eigenvalue weighted by Gasteiger charge is 2.27. The molecule has 7 nitrogen and oxygen atoms in total. The van der Waals surface area contributed by atoms with E-state index in [9.17, 15) is 9.90 Å². The molecule has 0 radical (unpaired) electrons. The van der Waals surface area contributed by atoms with Gasteiger partial charge in [-0.1, -0.05) is 60.2 Å². The van der Waals surface area contributed by atoms with Crippen molar-refractivity contribution in [2.45, 2.75) is 13.0 Å². The van der Waals surface area contributed by atoms with Gasteiger partial charge in [0.1, 0.15) is 24.1 Å². The van der Waals surface area contributed by atoms with E-state index in [-0.39, 0.29) is 24.5 Å². The molecule has 0 fully saturated rings. The average molecular weight is 461 g/mol. The zero-order valence-corrected chi connectivity index (χ0v) is 19.1. The second-order valence-electron chi connectivity index (χ2n) is 7.61. The van der Waals surface area contributed by atoms with Gasteiger partial charge in [0.2, 0.25) is 0 Å². The number of rotatable bonds is 11. The van der Waals surface area contributed by atoms with Crippen LogP contribution in [0.2, 0.25) is 0 Å². The Bertz CT molecular complexity index is 1160.